The van der Waals surface area contributed by atoms with Crippen molar-refractivity contribution in [2.75, 3.05) is 0 Å². The summed E-state index contributed by atoms with van der Waals surface area (Å²) in [6.45, 7) is 0.703. The molecule has 0 spiro atoms. The molecule has 0 aliphatic carbocycles. The van der Waals surface area contributed by atoms with Gasteiger partial charge in [0.2, 0.25) is 0 Å². The lowest BCUT2D eigenvalue weighted by molar-refractivity contribution is 0.867. The van der Waals surface area contributed by atoms with Gasteiger partial charge in [-0.3, -0.25) is 0 Å². The van der Waals surface area contributed by atoms with Crippen molar-refractivity contribution in [3.8, 4) is 39.6 Å². The largest absolute Gasteiger partial charge is 0.336 e. The Hall–Kier alpha value is -6.78. The summed E-state index contributed by atoms with van der Waals surface area (Å²) >= 11 is 0. The van der Waals surface area contributed by atoms with Crippen LogP contribution in [0.5, 0.6) is 0 Å². The van der Waals surface area contributed by atoms with Crippen LogP contribution in [-0.2, 0) is 6.54 Å². The predicted octanol–water partition coefficient (Wildman–Crippen LogP) is 11.7. The van der Waals surface area contributed by atoms with E-state index in [2.05, 4.69) is 167 Å². The Morgan fingerprint density at radius 2 is 0.824 bits per heavy atom. The number of rotatable bonds is 6. The third kappa shape index (κ3) is 5.00. The van der Waals surface area contributed by atoms with Crippen LogP contribution < -0.4 is 0 Å². The first kappa shape index (κ1) is 29.2. The molecule has 0 saturated carbocycles. The molecule has 10 rings (SSSR count). The van der Waals surface area contributed by atoms with E-state index >= 15 is 0 Å². The van der Waals surface area contributed by atoms with E-state index in [0.717, 1.165) is 33.8 Å². The molecule has 240 valence electrons. The van der Waals surface area contributed by atoms with Gasteiger partial charge in [0.1, 0.15) is 0 Å². The van der Waals surface area contributed by atoms with E-state index in [-0.39, 0.29) is 0 Å². The van der Waals surface area contributed by atoms with Gasteiger partial charge in [-0.1, -0.05) is 133 Å². The predicted molar refractivity (Wildman–Crippen MR) is 211 cm³/mol. The fraction of sp³-hybridized carbons (Fsp3) is 0.0213. The summed E-state index contributed by atoms with van der Waals surface area (Å²) in [5.74, 6) is 0.707. The highest BCUT2D eigenvalue weighted by molar-refractivity contribution is 6.09. The monoisotopic (exact) mass is 652 g/mol. The molecule has 0 radical (unpaired) electrons. The summed E-state index contributed by atoms with van der Waals surface area (Å²) in [4.78, 5) is 10.3. The van der Waals surface area contributed by atoms with E-state index in [1.54, 1.807) is 0 Å². The third-order valence-electron chi connectivity index (χ3n) is 9.96. The molecule has 3 aromatic heterocycles. The van der Waals surface area contributed by atoms with Gasteiger partial charge in [-0.25, -0.2) is 9.97 Å². The van der Waals surface area contributed by atoms with E-state index in [4.69, 9.17) is 9.97 Å². The zero-order valence-corrected chi connectivity index (χ0v) is 27.8. The van der Waals surface area contributed by atoms with E-state index in [1.165, 1.54) is 49.2 Å². The molecule has 0 fully saturated rings. The average molecular weight is 653 g/mol. The molecule has 0 aliphatic heterocycles. The lowest BCUT2D eigenvalue weighted by Gasteiger charge is -2.16. The van der Waals surface area contributed by atoms with E-state index < -0.39 is 0 Å². The van der Waals surface area contributed by atoms with Crippen molar-refractivity contribution in [2.24, 2.45) is 0 Å². The average Bonchev–Trinajstić information content (AvgIpc) is 3.71. The number of aromatic nitrogens is 4. The second kappa shape index (κ2) is 12.0. The second-order valence-corrected chi connectivity index (χ2v) is 13.1. The quantitative estimate of drug-likeness (QED) is 0.179. The van der Waals surface area contributed by atoms with Crippen molar-refractivity contribution in [3.05, 3.63) is 188 Å². The van der Waals surface area contributed by atoms with Crippen molar-refractivity contribution in [1.29, 1.82) is 0 Å². The molecule has 0 saturated heterocycles. The lowest BCUT2D eigenvalue weighted by atomic mass is 10.0. The van der Waals surface area contributed by atoms with Crippen LogP contribution in [-0.4, -0.2) is 19.1 Å². The molecule has 0 aliphatic rings. The van der Waals surface area contributed by atoms with Gasteiger partial charge in [0.25, 0.3) is 0 Å². The standard InChI is InChI=1S/C47H32N4/c1-3-15-33(16-4-1)41-30-42(49-47(48-41)34-17-5-2-6-18-34)35-27-32(31-50-43-23-11-7-19-37(43)38-20-8-12-24-44(38)50)28-36(29-35)51-45-25-13-9-21-39(45)40-22-10-14-26-46(40)51/h1-30H,31H2. The van der Waals surface area contributed by atoms with Gasteiger partial charge >= 0.3 is 0 Å². The van der Waals surface area contributed by atoms with Gasteiger partial charge in [-0.05, 0) is 54.1 Å². The van der Waals surface area contributed by atoms with E-state index in [0.29, 0.717) is 12.4 Å². The summed E-state index contributed by atoms with van der Waals surface area (Å²) in [5, 5.41) is 5.01. The van der Waals surface area contributed by atoms with Crippen LogP contribution >= 0.6 is 0 Å². The first-order valence-electron chi connectivity index (χ1n) is 17.4. The van der Waals surface area contributed by atoms with Crippen molar-refractivity contribution in [3.63, 3.8) is 0 Å². The molecule has 4 heteroatoms. The van der Waals surface area contributed by atoms with E-state index in [1.807, 2.05) is 24.3 Å². The molecule has 10 aromatic rings. The molecule has 0 N–H and O–H groups in total. The van der Waals surface area contributed by atoms with Crippen molar-refractivity contribution in [2.45, 2.75) is 6.54 Å². The number of hydrogen-bond acceptors (Lipinski definition) is 2. The van der Waals surface area contributed by atoms with Crippen LogP contribution in [0, 0.1) is 0 Å². The van der Waals surface area contributed by atoms with E-state index in [9.17, 15) is 0 Å². The fourth-order valence-corrected chi connectivity index (χ4v) is 7.67. The number of benzene rings is 7. The zero-order valence-electron chi connectivity index (χ0n) is 27.8. The molecule has 4 nitrogen and oxygen atoms in total. The summed E-state index contributed by atoms with van der Waals surface area (Å²) in [5.41, 5.74) is 12.0. The van der Waals surface area contributed by atoms with Crippen LogP contribution in [0.15, 0.2) is 182 Å². The van der Waals surface area contributed by atoms with Gasteiger partial charge in [-0.2, -0.15) is 0 Å². The molecule has 51 heavy (non-hydrogen) atoms. The van der Waals surface area contributed by atoms with Crippen LogP contribution in [0.1, 0.15) is 5.56 Å². The third-order valence-corrected chi connectivity index (χ3v) is 9.96. The number of para-hydroxylation sites is 4. The van der Waals surface area contributed by atoms with Crippen LogP contribution in [0.2, 0.25) is 0 Å². The molecular weight excluding hydrogens is 621 g/mol. The first-order chi connectivity index (χ1) is 25.3. The van der Waals surface area contributed by atoms with Crippen molar-refractivity contribution < 1.29 is 0 Å². The van der Waals surface area contributed by atoms with Gasteiger partial charge in [0, 0.05) is 61.5 Å². The highest BCUT2D eigenvalue weighted by Crippen LogP contribution is 2.36. The first-order valence-corrected chi connectivity index (χ1v) is 17.4. The highest BCUT2D eigenvalue weighted by Gasteiger charge is 2.17. The molecule has 0 bridgehead atoms. The number of fused-ring (bicyclic) bond motifs is 6. The highest BCUT2D eigenvalue weighted by atomic mass is 15.0. The molecule has 7 aromatic carbocycles. The minimum absolute atomic E-state index is 0.703. The van der Waals surface area contributed by atoms with Crippen molar-refractivity contribution >= 4 is 43.6 Å². The SMILES string of the molecule is c1ccc(-c2cc(-c3cc(Cn4c5ccccc5c5ccccc54)cc(-n4c5ccccc5c5ccccc54)c3)nc(-c3ccccc3)n2)cc1. The van der Waals surface area contributed by atoms with Crippen LogP contribution in [0.3, 0.4) is 0 Å². The van der Waals surface area contributed by atoms with Gasteiger partial charge in [0.15, 0.2) is 5.82 Å². The van der Waals surface area contributed by atoms with Crippen LogP contribution in [0.4, 0.5) is 0 Å². The maximum atomic E-state index is 5.26. The fourth-order valence-electron chi connectivity index (χ4n) is 7.67. The van der Waals surface area contributed by atoms with Crippen molar-refractivity contribution in [1.82, 2.24) is 19.1 Å². The summed E-state index contributed by atoms with van der Waals surface area (Å²) < 4.78 is 4.85. The Bertz CT molecular complexity index is 2720. The number of nitrogens with zero attached hydrogens (tertiary/aromatic N) is 4. The molecule has 3 heterocycles. The smallest absolute Gasteiger partial charge is 0.160 e. The Balaban J connectivity index is 1.24. The maximum Gasteiger partial charge on any atom is 0.160 e. The Labute approximate surface area is 295 Å². The summed E-state index contributed by atoms with van der Waals surface area (Å²) in [6, 6.07) is 64.6. The minimum Gasteiger partial charge on any atom is -0.336 e. The van der Waals surface area contributed by atoms with Gasteiger partial charge in [-0.15, -0.1) is 0 Å². The second-order valence-electron chi connectivity index (χ2n) is 13.1. The normalized spacial score (nSPS) is 11.6. The topological polar surface area (TPSA) is 35.6 Å². The van der Waals surface area contributed by atoms with Crippen LogP contribution in [0.25, 0.3) is 83.2 Å². The summed E-state index contributed by atoms with van der Waals surface area (Å²) in [7, 11) is 0. The number of hydrogen-bond donors (Lipinski definition) is 0. The molecular formula is C47H32N4. The summed E-state index contributed by atoms with van der Waals surface area (Å²) in [6.07, 6.45) is 0. The molecule has 0 unspecified atom stereocenters. The Kier molecular flexibility index (Phi) is 6.85. The maximum absolute atomic E-state index is 5.26. The zero-order chi connectivity index (χ0) is 33.7. The van der Waals surface area contributed by atoms with Gasteiger partial charge in [0.05, 0.1) is 22.4 Å². The molecule has 0 amide bonds. The Morgan fingerprint density at radius 3 is 1.39 bits per heavy atom. The minimum atomic E-state index is 0.703. The lowest BCUT2D eigenvalue weighted by Crippen LogP contribution is -2.03. The Morgan fingerprint density at radius 1 is 0.373 bits per heavy atom. The molecule has 0 atom stereocenters. The van der Waals surface area contributed by atoms with Gasteiger partial charge < -0.3 is 9.13 Å².